The summed E-state index contributed by atoms with van der Waals surface area (Å²) < 4.78 is 43.4. The molecule has 0 saturated heterocycles. The molecule has 0 atom stereocenters. The second kappa shape index (κ2) is 7.54. The third-order valence-corrected chi connectivity index (χ3v) is 4.47. The number of halogens is 1. The first-order chi connectivity index (χ1) is 9.02. The zero-order chi connectivity index (χ0) is 14.3. The molecule has 0 fully saturated rings. The van der Waals surface area contributed by atoms with Crippen LogP contribution in [0.15, 0.2) is 29.2 Å². The summed E-state index contributed by atoms with van der Waals surface area (Å²) in [6.45, 7) is 0.409. The predicted molar refractivity (Wildman–Crippen MR) is 68.7 cm³/mol. The summed E-state index contributed by atoms with van der Waals surface area (Å²) in [5.41, 5.74) is 0. The Balaban J connectivity index is 2.88. The highest BCUT2D eigenvalue weighted by atomic mass is 32.2. The maximum atomic E-state index is 12.8. The molecule has 7 heteroatoms. The third kappa shape index (κ3) is 4.54. The smallest absolute Gasteiger partial charge is 0.243 e. The summed E-state index contributed by atoms with van der Waals surface area (Å²) >= 11 is 0. The number of hydrogen-bond donors (Lipinski definition) is 1. The molecule has 5 nitrogen and oxygen atoms in total. The normalized spacial score (nSPS) is 12.0. The summed E-state index contributed by atoms with van der Waals surface area (Å²) in [7, 11) is -2.18. The first-order valence-corrected chi connectivity index (χ1v) is 7.32. The number of methoxy groups -OCH3 is 1. The number of nitrogens with zero attached hydrogens (tertiary/aromatic N) is 1. The molecule has 0 radical (unpaired) electrons. The standard InChI is InChI=1S/C12H18FNO4S/c1-18-10-2-7-14(8-9-15)19(16,17)12-5-3-11(13)4-6-12/h3-6,15H,2,7-10H2,1H3. The number of benzene rings is 1. The molecule has 0 bridgehead atoms. The first kappa shape index (κ1) is 16.0. The number of aliphatic hydroxyl groups is 1. The number of rotatable bonds is 8. The second-order valence-corrected chi connectivity index (χ2v) is 5.87. The molecule has 1 rings (SSSR count). The van der Waals surface area contributed by atoms with Gasteiger partial charge in [0.25, 0.3) is 0 Å². The highest BCUT2D eigenvalue weighted by Gasteiger charge is 2.23. The van der Waals surface area contributed by atoms with E-state index in [1.165, 1.54) is 23.5 Å². The Labute approximate surface area is 112 Å². The van der Waals surface area contributed by atoms with Gasteiger partial charge in [-0.05, 0) is 30.7 Å². The molecule has 108 valence electrons. The summed E-state index contributed by atoms with van der Waals surface area (Å²) in [6, 6.07) is 4.62. The highest BCUT2D eigenvalue weighted by Crippen LogP contribution is 2.16. The van der Waals surface area contributed by atoms with E-state index < -0.39 is 15.8 Å². The van der Waals surface area contributed by atoms with Crippen molar-refractivity contribution in [1.82, 2.24) is 4.31 Å². The fourth-order valence-corrected chi connectivity index (χ4v) is 3.07. The average molecular weight is 291 g/mol. The van der Waals surface area contributed by atoms with Crippen LogP contribution in [0.3, 0.4) is 0 Å². The number of hydrogen-bond acceptors (Lipinski definition) is 4. The van der Waals surface area contributed by atoms with Gasteiger partial charge in [-0.15, -0.1) is 0 Å². The van der Waals surface area contributed by atoms with Crippen molar-refractivity contribution in [2.75, 3.05) is 33.4 Å². The molecule has 1 N–H and O–H groups in total. The van der Waals surface area contributed by atoms with Gasteiger partial charge in [0.1, 0.15) is 5.82 Å². The minimum absolute atomic E-state index is 0.00340. The van der Waals surface area contributed by atoms with E-state index >= 15 is 0 Å². The van der Waals surface area contributed by atoms with Gasteiger partial charge in [0.2, 0.25) is 10.0 Å². The Morgan fingerprint density at radius 2 is 1.89 bits per heavy atom. The second-order valence-electron chi connectivity index (χ2n) is 3.93. The fraction of sp³-hybridized carbons (Fsp3) is 0.500. The van der Waals surface area contributed by atoms with E-state index in [1.54, 1.807) is 0 Å². The molecule has 0 aliphatic rings. The van der Waals surface area contributed by atoms with E-state index in [-0.39, 0.29) is 24.6 Å². The van der Waals surface area contributed by atoms with E-state index in [0.717, 1.165) is 12.1 Å². The van der Waals surface area contributed by atoms with Crippen molar-refractivity contribution in [1.29, 1.82) is 0 Å². The van der Waals surface area contributed by atoms with Crippen LogP contribution < -0.4 is 0 Å². The topological polar surface area (TPSA) is 66.8 Å². The summed E-state index contributed by atoms with van der Waals surface area (Å²) in [6.07, 6.45) is 0.525. The van der Waals surface area contributed by atoms with Gasteiger partial charge in [-0.3, -0.25) is 0 Å². The maximum absolute atomic E-state index is 12.8. The average Bonchev–Trinajstić information content (AvgIpc) is 2.38. The lowest BCUT2D eigenvalue weighted by molar-refractivity contribution is 0.182. The lowest BCUT2D eigenvalue weighted by Gasteiger charge is -2.21. The molecule has 19 heavy (non-hydrogen) atoms. The van der Waals surface area contributed by atoms with E-state index in [9.17, 15) is 12.8 Å². The molecule has 1 aromatic rings. The molecule has 0 aliphatic heterocycles. The van der Waals surface area contributed by atoms with E-state index in [0.29, 0.717) is 13.0 Å². The molecule has 0 spiro atoms. The van der Waals surface area contributed by atoms with Crippen LogP contribution in [0, 0.1) is 5.82 Å². The van der Waals surface area contributed by atoms with Crippen LogP contribution in [0.4, 0.5) is 4.39 Å². The molecule has 1 aromatic carbocycles. The van der Waals surface area contributed by atoms with Crippen LogP contribution >= 0.6 is 0 Å². The Kier molecular flexibility index (Phi) is 6.36. The minimum Gasteiger partial charge on any atom is -0.395 e. The van der Waals surface area contributed by atoms with Gasteiger partial charge in [-0.25, -0.2) is 12.8 Å². The van der Waals surface area contributed by atoms with Crippen LogP contribution in [0.5, 0.6) is 0 Å². The molecule has 0 amide bonds. The van der Waals surface area contributed by atoms with Gasteiger partial charge in [0.05, 0.1) is 11.5 Å². The van der Waals surface area contributed by atoms with Crippen LogP contribution in [0.2, 0.25) is 0 Å². The summed E-state index contributed by atoms with van der Waals surface area (Å²) in [5, 5.41) is 8.95. The zero-order valence-corrected chi connectivity index (χ0v) is 11.6. The summed E-state index contributed by atoms with van der Waals surface area (Å²) in [4.78, 5) is 0.0137. The van der Waals surface area contributed by atoms with Gasteiger partial charge in [-0.2, -0.15) is 4.31 Å². The number of sulfonamides is 1. The zero-order valence-electron chi connectivity index (χ0n) is 10.8. The fourth-order valence-electron chi connectivity index (χ4n) is 1.60. The largest absolute Gasteiger partial charge is 0.395 e. The van der Waals surface area contributed by atoms with Gasteiger partial charge in [0, 0.05) is 26.8 Å². The predicted octanol–water partition coefficient (Wildman–Crippen LogP) is 0.845. The monoisotopic (exact) mass is 291 g/mol. The van der Waals surface area contributed by atoms with E-state index in [2.05, 4.69) is 0 Å². The van der Waals surface area contributed by atoms with Crippen LogP contribution in [-0.4, -0.2) is 51.2 Å². The Morgan fingerprint density at radius 3 is 2.42 bits per heavy atom. The van der Waals surface area contributed by atoms with Crippen LogP contribution in [-0.2, 0) is 14.8 Å². The molecular formula is C12H18FNO4S. The Hall–Kier alpha value is -1.02. The molecule has 0 heterocycles. The molecule has 0 saturated carbocycles. The van der Waals surface area contributed by atoms with Gasteiger partial charge in [-0.1, -0.05) is 0 Å². The Morgan fingerprint density at radius 1 is 1.26 bits per heavy atom. The van der Waals surface area contributed by atoms with Gasteiger partial charge < -0.3 is 9.84 Å². The van der Waals surface area contributed by atoms with Crippen molar-refractivity contribution < 1.29 is 22.7 Å². The van der Waals surface area contributed by atoms with E-state index in [4.69, 9.17) is 9.84 Å². The van der Waals surface area contributed by atoms with Gasteiger partial charge >= 0.3 is 0 Å². The van der Waals surface area contributed by atoms with Gasteiger partial charge in [0.15, 0.2) is 0 Å². The van der Waals surface area contributed by atoms with Crippen molar-refractivity contribution in [3.05, 3.63) is 30.1 Å². The maximum Gasteiger partial charge on any atom is 0.243 e. The minimum atomic E-state index is -3.71. The first-order valence-electron chi connectivity index (χ1n) is 5.88. The molecule has 0 unspecified atom stereocenters. The van der Waals surface area contributed by atoms with Crippen molar-refractivity contribution in [3.63, 3.8) is 0 Å². The highest BCUT2D eigenvalue weighted by molar-refractivity contribution is 7.89. The number of ether oxygens (including phenoxy) is 1. The SMILES string of the molecule is COCCCN(CCO)S(=O)(=O)c1ccc(F)cc1. The third-order valence-electron chi connectivity index (χ3n) is 2.56. The van der Waals surface area contributed by atoms with E-state index in [1.807, 2.05) is 0 Å². The summed E-state index contributed by atoms with van der Waals surface area (Å²) in [5.74, 6) is -0.493. The lowest BCUT2D eigenvalue weighted by atomic mass is 10.4. The van der Waals surface area contributed by atoms with Crippen molar-refractivity contribution >= 4 is 10.0 Å². The van der Waals surface area contributed by atoms with Crippen molar-refractivity contribution in [2.45, 2.75) is 11.3 Å². The lowest BCUT2D eigenvalue weighted by Crippen LogP contribution is -2.35. The molecule has 0 aromatic heterocycles. The quantitative estimate of drug-likeness (QED) is 0.721. The molecular weight excluding hydrogens is 273 g/mol. The number of aliphatic hydroxyl groups excluding tert-OH is 1. The van der Waals surface area contributed by atoms with Crippen LogP contribution in [0.1, 0.15) is 6.42 Å². The van der Waals surface area contributed by atoms with Crippen molar-refractivity contribution in [2.24, 2.45) is 0 Å². The van der Waals surface area contributed by atoms with Crippen molar-refractivity contribution in [3.8, 4) is 0 Å². The molecule has 0 aliphatic carbocycles. The Bertz CT molecular complexity index is 475. The van der Waals surface area contributed by atoms with Crippen LogP contribution in [0.25, 0.3) is 0 Å².